The Labute approximate surface area is 204 Å². The maximum Gasteiger partial charge on any atom is 0.508 e. The van der Waals surface area contributed by atoms with E-state index < -0.39 is 65.7 Å². The number of aliphatic imine (C=N–C) groups is 2. The molecule has 0 aromatic heterocycles. The van der Waals surface area contributed by atoms with Gasteiger partial charge in [-0.2, -0.15) is 0 Å². The summed E-state index contributed by atoms with van der Waals surface area (Å²) in [6.45, 7) is 4.43. The summed E-state index contributed by atoms with van der Waals surface area (Å²) in [5.41, 5.74) is -1.04. The molecule has 2 saturated heterocycles. The van der Waals surface area contributed by atoms with Crippen LogP contribution in [0, 0.1) is 0 Å². The summed E-state index contributed by atoms with van der Waals surface area (Å²) in [7, 11) is 0. The van der Waals surface area contributed by atoms with Gasteiger partial charge in [0.15, 0.2) is 10.3 Å². The molecule has 0 aromatic rings. The smallest absolute Gasteiger partial charge is 0.431 e. The summed E-state index contributed by atoms with van der Waals surface area (Å²) in [6.07, 6.45) is -7.96. The Morgan fingerprint density at radius 1 is 0.824 bits per heavy atom. The maximum absolute atomic E-state index is 12.1. The van der Waals surface area contributed by atoms with Gasteiger partial charge in [0.05, 0.1) is 0 Å². The van der Waals surface area contributed by atoms with Crippen LogP contribution in [0.3, 0.4) is 0 Å². The molecule has 13 nitrogen and oxygen atoms in total. The topological polar surface area (TPSA) is 184 Å². The Morgan fingerprint density at radius 2 is 1.24 bits per heavy atom. The third kappa shape index (κ3) is 5.41. The Kier molecular flexibility index (Phi) is 8.45. The van der Waals surface area contributed by atoms with Crippen molar-refractivity contribution in [2.24, 2.45) is 9.98 Å². The highest BCUT2D eigenvalue weighted by molar-refractivity contribution is 8.14. The molecule has 2 fully saturated rings. The fourth-order valence-electron chi connectivity index (χ4n) is 3.95. The van der Waals surface area contributed by atoms with Crippen LogP contribution >= 0.6 is 23.5 Å². The van der Waals surface area contributed by atoms with Crippen molar-refractivity contribution in [3.05, 3.63) is 0 Å². The van der Waals surface area contributed by atoms with E-state index in [1.807, 2.05) is 13.8 Å². The third-order valence-corrected chi connectivity index (χ3v) is 7.90. The summed E-state index contributed by atoms with van der Waals surface area (Å²) in [4.78, 5) is 20.8. The minimum atomic E-state index is -1.31. The van der Waals surface area contributed by atoms with Crippen LogP contribution in [0.2, 0.25) is 0 Å². The van der Waals surface area contributed by atoms with Crippen LogP contribution in [0.1, 0.15) is 13.8 Å². The molecule has 0 spiro atoms. The number of nitrogens with zero attached hydrogens (tertiary/aromatic N) is 2. The van der Waals surface area contributed by atoms with E-state index in [1.54, 1.807) is 0 Å². The predicted octanol–water partition coefficient (Wildman–Crippen LogP) is -1.81. The summed E-state index contributed by atoms with van der Waals surface area (Å²) >= 11 is 2.59. The fourth-order valence-corrected chi connectivity index (χ4v) is 6.33. The highest BCUT2D eigenvalue weighted by Crippen LogP contribution is 2.37. The first-order valence-electron chi connectivity index (χ1n) is 11.1. The second kappa shape index (κ2) is 11.2. The van der Waals surface area contributed by atoms with Gasteiger partial charge in [0, 0.05) is 13.1 Å². The molecular weight excluding hydrogens is 492 g/mol. The highest BCUT2D eigenvalue weighted by Gasteiger charge is 2.50. The van der Waals surface area contributed by atoms with E-state index in [0.29, 0.717) is 23.4 Å². The number of hydrogen-bond donors (Lipinski definition) is 6. The molecule has 0 bridgehead atoms. The lowest BCUT2D eigenvalue weighted by atomic mass is 9.99. The van der Waals surface area contributed by atoms with Gasteiger partial charge in [-0.05, 0) is 13.8 Å². The van der Waals surface area contributed by atoms with E-state index in [-0.39, 0.29) is 13.2 Å². The monoisotopic (exact) mass is 522 g/mol. The van der Waals surface area contributed by atoms with Gasteiger partial charge in [-0.3, -0.25) is 9.98 Å². The van der Waals surface area contributed by atoms with E-state index in [4.69, 9.17) is 18.9 Å². The SMILES string of the molecule is CCNC1=N[C@@H]2[C@@H](O)[C@H](O)[C@@H](COC(=O)OC[C@H]3O[C@@H]4SC(NCC)=N[C@@H]4[C@@H](O)[C@@H]3O)O[C@@H]2S1. The predicted molar refractivity (Wildman–Crippen MR) is 124 cm³/mol. The quantitative estimate of drug-likeness (QED) is 0.215. The van der Waals surface area contributed by atoms with Gasteiger partial charge in [-0.1, -0.05) is 23.5 Å². The van der Waals surface area contributed by atoms with E-state index in [9.17, 15) is 25.2 Å². The van der Waals surface area contributed by atoms with Crippen LogP contribution in [0.4, 0.5) is 4.79 Å². The first-order chi connectivity index (χ1) is 16.3. The Morgan fingerprint density at radius 3 is 1.62 bits per heavy atom. The first kappa shape index (κ1) is 25.8. The maximum atomic E-state index is 12.1. The van der Waals surface area contributed by atoms with Crippen molar-refractivity contribution >= 4 is 40.0 Å². The van der Waals surface area contributed by atoms with Crippen LogP contribution in [0.25, 0.3) is 0 Å². The van der Waals surface area contributed by atoms with Crippen LogP contribution in [-0.4, -0.2) is 123 Å². The minimum absolute atomic E-state index is 0.353. The zero-order valence-electron chi connectivity index (χ0n) is 18.6. The molecule has 10 atom stereocenters. The van der Waals surface area contributed by atoms with Gasteiger partial charge in [-0.15, -0.1) is 0 Å². The molecular formula is C19H30N4O9S2. The molecule has 0 aliphatic carbocycles. The number of carbonyl (C=O) groups is 1. The number of thioether (sulfide) groups is 2. The second-order valence-corrected chi connectivity index (χ2v) is 10.2. The molecule has 0 amide bonds. The number of carbonyl (C=O) groups excluding carboxylic acids is 1. The Bertz CT molecular complexity index is 744. The highest BCUT2D eigenvalue weighted by atomic mass is 32.2. The van der Waals surface area contributed by atoms with Crippen LogP contribution < -0.4 is 10.6 Å². The number of rotatable bonds is 6. The molecule has 0 unspecified atom stereocenters. The molecule has 15 heteroatoms. The molecule has 6 N–H and O–H groups in total. The van der Waals surface area contributed by atoms with Crippen molar-refractivity contribution in [3.8, 4) is 0 Å². The number of hydrogen-bond acceptors (Lipinski definition) is 15. The number of amidine groups is 2. The van der Waals surface area contributed by atoms with E-state index >= 15 is 0 Å². The zero-order valence-corrected chi connectivity index (χ0v) is 20.3. The normalized spacial score (nSPS) is 41.1. The molecule has 34 heavy (non-hydrogen) atoms. The number of aliphatic hydroxyl groups is 4. The molecule has 0 saturated carbocycles. The molecule has 4 rings (SSSR count). The van der Waals surface area contributed by atoms with Gasteiger partial charge in [0.25, 0.3) is 0 Å². The fraction of sp³-hybridized carbons (Fsp3) is 0.842. The van der Waals surface area contributed by atoms with Crippen molar-refractivity contribution < 1.29 is 44.2 Å². The number of nitrogens with one attached hydrogen (secondary N) is 2. The minimum Gasteiger partial charge on any atom is -0.431 e. The number of aliphatic hydroxyl groups excluding tert-OH is 4. The standard InChI is InChI=1S/C19H30N4O9S2/c1-3-20-17-22-9-13(26)11(24)7(31-15(9)33-17)5-29-19(28)30-6-8-12(25)14(27)10-16(32-8)34-18(23-10)21-4-2/h7-16,24-27H,3-6H2,1-2H3,(H,20,22)(H,21,23)/t7-,8-,9-,10-,11-,12-,13-,14-,15-,16-/m1/s1. The number of fused-ring (bicyclic) bond motifs is 2. The third-order valence-electron chi connectivity index (χ3n) is 5.71. The zero-order chi connectivity index (χ0) is 24.4. The number of ether oxygens (including phenoxy) is 4. The molecule has 0 aromatic carbocycles. The van der Waals surface area contributed by atoms with Gasteiger partial charge in [-0.25, -0.2) is 4.79 Å². The van der Waals surface area contributed by atoms with Gasteiger partial charge in [0.1, 0.15) is 72.8 Å². The van der Waals surface area contributed by atoms with Crippen molar-refractivity contribution in [1.29, 1.82) is 0 Å². The lowest BCUT2D eigenvalue weighted by Gasteiger charge is -2.38. The molecule has 192 valence electrons. The molecule has 4 aliphatic rings. The lowest BCUT2D eigenvalue weighted by Crippen LogP contribution is -2.56. The van der Waals surface area contributed by atoms with Crippen molar-refractivity contribution in [3.63, 3.8) is 0 Å². The Hall–Kier alpha value is -1.33. The lowest BCUT2D eigenvalue weighted by molar-refractivity contribution is -0.174. The average Bonchev–Trinajstić information content (AvgIpc) is 3.41. The molecule has 0 radical (unpaired) electrons. The molecule has 4 aliphatic heterocycles. The first-order valence-corrected chi connectivity index (χ1v) is 12.9. The van der Waals surface area contributed by atoms with Crippen LogP contribution in [0.5, 0.6) is 0 Å². The Balaban J connectivity index is 1.23. The van der Waals surface area contributed by atoms with Crippen molar-refractivity contribution in [1.82, 2.24) is 10.6 Å². The van der Waals surface area contributed by atoms with E-state index in [0.717, 1.165) is 0 Å². The summed E-state index contributed by atoms with van der Waals surface area (Å²) < 4.78 is 21.6. The van der Waals surface area contributed by atoms with Gasteiger partial charge >= 0.3 is 6.16 Å². The largest absolute Gasteiger partial charge is 0.508 e. The summed E-state index contributed by atoms with van der Waals surface area (Å²) in [6, 6.07) is -1.24. The van der Waals surface area contributed by atoms with Gasteiger partial charge in [0.2, 0.25) is 0 Å². The second-order valence-electron chi connectivity index (χ2n) is 8.07. The molecule has 4 heterocycles. The van der Waals surface area contributed by atoms with Crippen molar-refractivity contribution in [2.45, 2.75) is 73.4 Å². The summed E-state index contributed by atoms with van der Waals surface area (Å²) in [5, 5.41) is 48.8. The van der Waals surface area contributed by atoms with Gasteiger partial charge < -0.3 is 50.0 Å². The van der Waals surface area contributed by atoms with Crippen molar-refractivity contribution in [2.75, 3.05) is 26.3 Å². The summed E-state index contributed by atoms with van der Waals surface area (Å²) in [5.74, 6) is 0. The average molecular weight is 523 g/mol. The van der Waals surface area contributed by atoms with Crippen LogP contribution in [0.15, 0.2) is 9.98 Å². The van der Waals surface area contributed by atoms with Crippen LogP contribution in [-0.2, 0) is 18.9 Å². The van der Waals surface area contributed by atoms with E-state index in [2.05, 4.69) is 20.6 Å². The van der Waals surface area contributed by atoms with E-state index in [1.165, 1.54) is 23.5 Å².